The van der Waals surface area contributed by atoms with Crippen LogP contribution in [0.2, 0.25) is 0 Å². The summed E-state index contributed by atoms with van der Waals surface area (Å²) in [6.07, 6.45) is 2.70. The van der Waals surface area contributed by atoms with Crippen LogP contribution in [0.25, 0.3) is 0 Å². The molecule has 0 spiro atoms. The first kappa shape index (κ1) is 10.9. The van der Waals surface area contributed by atoms with E-state index in [0.717, 1.165) is 12.0 Å². The van der Waals surface area contributed by atoms with E-state index in [1.165, 1.54) is 5.57 Å². The molecule has 0 unspecified atom stereocenters. The predicted octanol–water partition coefficient (Wildman–Crippen LogP) is 0.693. The van der Waals surface area contributed by atoms with Crippen molar-refractivity contribution in [1.82, 2.24) is 5.48 Å². The summed E-state index contributed by atoms with van der Waals surface area (Å²) < 4.78 is 0. The molecule has 1 amide bonds. The van der Waals surface area contributed by atoms with Crippen molar-refractivity contribution in [2.75, 3.05) is 13.2 Å². The van der Waals surface area contributed by atoms with Gasteiger partial charge in [0.15, 0.2) is 0 Å². The van der Waals surface area contributed by atoms with E-state index in [0.29, 0.717) is 5.57 Å². The van der Waals surface area contributed by atoms with Gasteiger partial charge in [-0.05, 0) is 20.3 Å². The molecule has 1 rings (SSSR count). The number of carbonyl (C=O) groups excluding carboxylic acids is 1. The average Bonchev–Trinajstić information content (AvgIpc) is 2.45. The molecule has 0 saturated heterocycles. The molecule has 0 aromatic heterocycles. The second kappa shape index (κ2) is 4.93. The second-order valence-corrected chi connectivity index (χ2v) is 3.36. The largest absolute Gasteiger partial charge is 0.394 e. The summed E-state index contributed by atoms with van der Waals surface area (Å²) in [5.41, 5.74) is 5.17. The smallest absolute Gasteiger partial charge is 0.274 e. The maximum atomic E-state index is 11.5. The van der Waals surface area contributed by atoms with E-state index >= 15 is 0 Å². The summed E-state index contributed by atoms with van der Waals surface area (Å²) in [6.45, 7) is 3.92. The van der Waals surface area contributed by atoms with E-state index < -0.39 is 0 Å². The lowest BCUT2D eigenvalue weighted by molar-refractivity contribution is -0.129. The molecular weight excluding hydrogens is 182 g/mol. The van der Waals surface area contributed by atoms with Gasteiger partial charge in [-0.2, -0.15) is 0 Å². The van der Waals surface area contributed by atoms with E-state index in [-0.39, 0.29) is 19.1 Å². The summed E-state index contributed by atoms with van der Waals surface area (Å²) in [6, 6.07) is 0. The van der Waals surface area contributed by atoms with Crippen LogP contribution in [0.3, 0.4) is 0 Å². The van der Waals surface area contributed by atoms with Crippen molar-refractivity contribution >= 4 is 5.91 Å². The molecule has 4 heteroatoms. The van der Waals surface area contributed by atoms with Crippen LogP contribution in [0.4, 0.5) is 0 Å². The van der Waals surface area contributed by atoms with Gasteiger partial charge in [-0.1, -0.05) is 17.2 Å². The van der Waals surface area contributed by atoms with E-state index in [1.807, 2.05) is 19.9 Å². The highest BCUT2D eigenvalue weighted by molar-refractivity contribution is 5.97. The molecule has 14 heavy (non-hydrogen) atoms. The van der Waals surface area contributed by atoms with Gasteiger partial charge in [0.25, 0.3) is 5.91 Å². The van der Waals surface area contributed by atoms with Crippen molar-refractivity contribution in [3.8, 4) is 0 Å². The Balaban J connectivity index is 2.48. The van der Waals surface area contributed by atoms with E-state index in [4.69, 9.17) is 9.94 Å². The number of nitrogens with one attached hydrogen (secondary N) is 1. The van der Waals surface area contributed by atoms with Crippen LogP contribution in [0, 0.1) is 0 Å². The van der Waals surface area contributed by atoms with Gasteiger partial charge in [-0.3, -0.25) is 9.63 Å². The highest BCUT2D eigenvalue weighted by atomic mass is 16.7. The Bertz CT molecular complexity index is 292. The van der Waals surface area contributed by atoms with E-state index in [2.05, 4.69) is 5.48 Å². The average molecular weight is 197 g/mol. The van der Waals surface area contributed by atoms with Gasteiger partial charge in [-0.15, -0.1) is 0 Å². The number of aliphatic hydroxyl groups is 1. The van der Waals surface area contributed by atoms with Crippen molar-refractivity contribution in [3.05, 3.63) is 22.8 Å². The number of amides is 1. The Morgan fingerprint density at radius 2 is 2.36 bits per heavy atom. The standard InChI is InChI=1S/C10H15NO3/c1-7-5-8(2)9(6-7)10(13)11-14-4-3-12/h6,12H,3-5H2,1-2H3,(H,11,13). The summed E-state index contributed by atoms with van der Waals surface area (Å²) in [5, 5.41) is 8.44. The fourth-order valence-corrected chi connectivity index (χ4v) is 1.41. The molecule has 0 aromatic rings. The zero-order valence-corrected chi connectivity index (χ0v) is 8.46. The van der Waals surface area contributed by atoms with E-state index in [1.54, 1.807) is 0 Å². The summed E-state index contributed by atoms with van der Waals surface area (Å²) in [4.78, 5) is 16.2. The number of aliphatic hydroxyl groups excluding tert-OH is 1. The van der Waals surface area contributed by atoms with Crippen molar-refractivity contribution in [1.29, 1.82) is 0 Å². The first-order chi connectivity index (χ1) is 6.65. The highest BCUT2D eigenvalue weighted by Crippen LogP contribution is 2.24. The fourth-order valence-electron chi connectivity index (χ4n) is 1.41. The topological polar surface area (TPSA) is 58.6 Å². The summed E-state index contributed by atoms with van der Waals surface area (Å²) in [5.74, 6) is -0.243. The van der Waals surface area contributed by atoms with Crippen LogP contribution in [0.5, 0.6) is 0 Å². The number of hydroxylamine groups is 1. The maximum Gasteiger partial charge on any atom is 0.274 e. The molecule has 0 radical (unpaired) electrons. The van der Waals surface area contributed by atoms with Crippen LogP contribution in [-0.2, 0) is 9.63 Å². The van der Waals surface area contributed by atoms with Crippen LogP contribution in [-0.4, -0.2) is 24.2 Å². The maximum absolute atomic E-state index is 11.5. The molecule has 0 atom stereocenters. The lowest BCUT2D eigenvalue weighted by atomic mass is 10.1. The molecule has 0 bridgehead atoms. The summed E-state index contributed by atoms with van der Waals surface area (Å²) >= 11 is 0. The lowest BCUT2D eigenvalue weighted by Gasteiger charge is -2.04. The number of hydrogen-bond donors (Lipinski definition) is 2. The SMILES string of the molecule is CC1=CC(C(=O)NOCCO)=C(C)C1. The molecule has 0 aliphatic heterocycles. The third-order valence-electron chi connectivity index (χ3n) is 2.00. The number of carbonyl (C=O) groups is 1. The van der Waals surface area contributed by atoms with Gasteiger partial charge in [0, 0.05) is 5.57 Å². The van der Waals surface area contributed by atoms with Crippen molar-refractivity contribution in [3.63, 3.8) is 0 Å². The Morgan fingerprint density at radius 1 is 1.64 bits per heavy atom. The second-order valence-electron chi connectivity index (χ2n) is 3.36. The van der Waals surface area contributed by atoms with Crippen molar-refractivity contribution < 1.29 is 14.7 Å². The van der Waals surface area contributed by atoms with Crippen LogP contribution >= 0.6 is 0 Å². The molecule has 0 heterocycles. The number of allylic oxidation sites excluding steroid dienone is 2. The van der Waals surface area contributed by atoms with Crippen molar-refractivity contribution in [2.24, 2.45) is 0 Å². The Morgan fingerprint density at radius 3 is 2.86 bits per heavy atom. The van der Waals surface area contributed by atoms with Gasteiger partial charge in [-0.25, -0.2) is 5.48 Å². The monoisotopic (exact) mass is 197 g/mol. The Labute approximate surface area is 83.2 Å². The molecule has 4 nitrogen and oxygen atoms in total. The third-order valence-corrected chi connectivity index (χ3v) is 2.00. The summed E-state index contributed by atoms with van der Waals surface area (Å²) in [7, 11) is 0. The zero-order valence-electron chi connectivity index (χ0n) is 8.46. The Kier molecular flexibility index (Phi) is 3.85. The Hall–Kier alpha value is -1.13. The minimum absolute atomic E-state index is 0.104. The van der Waals surface area contributed by atoms with Crippen molar-refractivity contribution in [2.45, 2.75) is 20.3 Å². The fraction of sp³-hybridized carbons (Fsp3) is 0.500. The van der Waals surface area contributed by atoms with Gasteiger partial charge in [0.05, 0.1) is 13.2 Å². The van der Waals surface area contributed by atoms with Gasteiger partial charge in [0.2, 0.25) is 0 Å². The highest BCUT2D eigenvalue weighted by Gasteiger charge is 2.16. The molecule has 1 aliphatic carbocycles. The molecule has 0 saturated carbocycles. The molecular formula is C10H15NO3. The van der Waals surface area contributed by atoms with Gasteiger partial charge < -0.3 is 5.11 Å². The molecule has 2 N–H and O–H groups in total. The normalized spacial score (nSPS) is 15.8. The predicted molar refractivity (Wildman–Crippen MR) is 52.3 cm³/mol. The van der Waals surface area contributed by atoms with Gasteiger partial charge in [0.1, 0.15) is 0 Å². The van der Waals surface area contributed by atoms with Gasteiger partial charge >= 0.3 is 0 Å². The third kappa shape index (κ3) is 2.68. The lowest BCUT2D eigenvalue weighted by Crippen LogP contribution is -2.26. The minimum Gasteiger partial charge on any atom is -0.394 e. The van der Waals surface area contributed by atoms with E-state index in [9.17, 15) is 4.79 Å². The molecule has 0 aromatic carbocycles. The number of hydrogen-bond acceptors (Lipinski definition) is 3. The number of rotatable bonds is 4. The first-order valence-corrected chi connectivity index (χ1v) is 4.55. The van der Waals surface area contributed by atoms with Crippen LogP contribution in [0.1, 0.15) is 20.3 Å². The van der Waals surface area contributed by atoms with Crippen LogP contribution in [0.15, 0.2) is 22.8 Å². The zero-order chi connectivity index (χ0) is 10.6. The minimum atomic E-state index is -0.243. The molecule has 0 fully saturated rings. The van der Waals surface area contributed by atoms with Crippen LogP contribution < -0.4 is 5.48 Å². The quantitative estimate of drug-likeness (QED) is 0.515. The first-order valence-electron chi connectivity index (χ1n) is 4.55. The molecule has 1 aliphatic rings. The molecule has 78 valence electrons.